The number of nitrogens with zero attached hydrogens (tertiary/aromatic N) is 3. The monoisotopic (exact) mass is 513 g/mol. The van der Waals surface area contributed by atoms with Crippen LogP contribution in [0.2, 0.25) is 0 Å². The molecule has 5 nitrogen and oxygen atoms in total. The summed E-state index contributed by atoms with van der Waals surface area (Å²) in [6.45, 7) is 8.97. The number of hydrogen-bond donors (Lipinski definition) is 2. The van der Waals surface area contributed by atoms with Gasteiger partial charge in [-0.3, -0.25) is 9.89 Å². The minimum atomic E-state index is 0. The molecule has 1 aromatic carbocycles. The number of likely N-dealkylation sites (tertiary alicyclic amines) is 1. The smallest absolute Gasteiger partial charge is 0.191 e. The van der Waals surface area contributed by atoms with Gasteiger partial charge in [-0.1, -0.05) is 30.3 Å². The first-order valence-electron chi connectivity index (χ1n) is 9.98. The van der Waals surface area contributed by atoms with Crippen molar-refractivity contribution in [3.8, 4) is 0 Å². The lowest BCUT2D eigenvalue weighted by Gasteiger charge is -2.27. The third-order valence-electron chi connectivity index (χ3n) is 4.87. The van der Waals surface area contributed by atoms with Crippen molar-refractivity contribution < 1.29 is 0 Å². The van der Waals surface area contributed by atoms with Gasteiger partial charge in [0, 0.05) is 24.9 Å². The summed E-state index contributed by atoms with van der Waals surface area (Å²) in [5, 5.41) is 10.1. The van der Waals surface area contributed by atoms with Gasteiger partial charge in [-0.15, -0.1) is 35.3 Å². The van der Waals surface area contributed by atoms with Crippen molar-refractivity contribution >= 4 is 41.3 Å². The predicted octanol–water partition coefficient (Wildman–Crippen LogP) is 4.00. The first-order valence-corrected chi connectivity index (χ1v) is 10.9. The molecular weight excluding hydrogens is 481 g/mol. The summed E-state index contributed by atoms with van der Waals surface area (Å²) in [5.41, 5.74) is 2.51. The van der Waals surface area contributed by atoms with E-state index in [-0.39, 0.29) is 24.0 Å². The van der Waals surface area contributed by atoms with Crippen LogP contribution in [0.4, 0.5) is 0 Å². The van der Waals surface area contributed by atoms with E-state index in [9.17, 15) is 0 Å². The van der Waals surface area contributed by atoms with E-state index in [0.717, 1.165) is 42.7 Å². The normalized spacial score (nSPS) is 15.9. The van der Waals surface area contributed by atoms with Crippen molar-refractivity contribution in [3.63, 3.8) is 0 Å². The summed E-state index contributed by atoms with van der Waals surface area (Å²) in [7, 11) is 0. The second-order valence-electron chi connectivity index (χ2n) is 6.92. The molecule has 1 atom stereocenters. The van der Waals surface area contributed by atoms with Gasteiger partial charge in [0.05, 0.1) is 23.3 Å². The lowest BCUT2D eigenvalue weighted by molar-refractivity contribution is 0.251. The van der Waals surface area contributed by atoms with Crippen molar-refractivity contribution in [1.82, 2.24) is 20.5 Å². The summed E-state index contributed by atoms with van der Waals surface area (Å²) in [5.74, 6) is 0.893. The van der Waals surface area contributed by atoms with E-state index in [1.165, 1.54) is 31.5 Å². The molecule has 1 aliphatic heterocycles. The molecule has 1 aliphatic rings. The number of aromatic nitrogens is 1. The molecule has 7 heteroatoms. The molecule has 0 amide bonds. The van der Waals surface area contributed by atoms with Crippen molar-refractivity contribution in [2.24, 2.45) is 4.99 Å². The van der Waals surface area contributed by atoms with Crippen LogP contribution < -0.4 is 10.6 Å². The summed E-state index contributed by atoms with van der Waals surface area (Å²) < 4.78 is 0. The second kappa shape index (κ2) is 12.4. The highest BCUT2D eigenvalue weighted by Crippen LogP contribution is 2.25. The zero-order valence-corrected chi connectivity index (χ0v) is 20.0. The molecule has 1 unspecified atom stereocenters. The van der Waals surface area contributed by atoms with E-state index in [1.807, 2.05) is 0 Å². The summed E-state index contributed by atoms with van der Waals surface area (Å²) >= 11 is 1.71. The number of hydrogen-bond acceptors (Lipinski definition) is 4. The Kier molecular flexibility index (Phi) is 10.2. The quantitative estimate of drug-likeness (QED) is 0.318. The molecule has 0 saturated carbocycles. The third-order valence-corrected chi connectivity index (χ3v) is 5.69. The Balaban J connectivity index is 0.00000280. The van der Waals surface area contributed by atoms with Crippen LogP contribution in [0.1, 0.15) is 42.1 Å². The molecule has 0 aliphatic carbocycles. The van der Waals surface area contributed by atoms with Crippen molar-refractivity contribution in [1.29, 1.82) is 0 Å². The van der Waals surface area contributed by atoms with Gasteiger partial charge in [-0.25, -0.2) is 4.98 Å². The number of aryl methyl sites for hydroxylation is 1. The number of benzene rings is 1. The molecule has 0 radical (unpaired) electrons. The molecule has 0 spiro atoms. The number of guanidine groups is 1. The highest BCUT2D eigenvalue weighted by molar-refractivity contribution is 14.0. The van der Waals surface area contributed by atoms with Crippen LogP contribution in [-0.2, 0) is 6.42 Å². The molecule has 1 saturated heterocycles. The van der Waals surface area contributed by atoms with Crippen LogP contribution in [0.3, 0.4) is 0 Å². The zero-order valence-electron chi connectivity index (χ0n) is 16.9. The Bertz CT molecular complexity index is 713. The van der Waals surface area contributed by atoms with Crippen LogP contribution in [0.15, 0.2) is 40.7 Å². The van der Waals surface area contributed by atoms with Crippen LogP contribution in [0.5, 0.6) is 0 Å². The fourth-order valence-corrected chi connectivity index (χ4v) is 4.16. The van der Waals surface area contributed by atoms with E-state index in [1.54, 1.807) is 11.3 Å². The van der Waals surface area contributed by atoms with Crippen molar-refractivity contribution in [2.45, 2.75) is 39.2 Å². The van der Waals surface area contributed by atoms with E-state index in [2.05, 4.69) is 70.1 Å². The lowest BCUT2D eigenvalue weighted by Crippen LogP contribution is -2.39. The molecule has 3 rings (SSSR count). The molecule has 2 N–H and O–H groups in total. The Morgan fingerprint density at radius 1 is 1.21 bits per heavy atom. The van der Waals surface area contributed by atoms with Gasteiger partial charge < -0.3 is 10.6 Å². The largest absolute Gasteiger partial charge is 0.357 e. The molecule has 154 valence electrons. The number of aliphatic imine (C=N–C) groups is 1. The molecule has 28 heavy (non-hydrogen) atoms. The van der Waals surface area contributed by atoms with Gasteiger partial charge in [0.25, 0.3) is 0 Å². The van der Waals surface area contributed by atoms with Gasteiger partial charge in [-0.2, -0.15) is 0 Å². The third kappa shape index (κ3) is 7.00. The highest BCUT2D eigenvalue weighted by Gasteiger charge is 2.23. The molecule has 1 aromatic heterocycles. The van der Waals surface area contributed by atoms with Crippen LogP contribution >= 0.6 is 35.3 Å². The maximum absolute atomic E-state index is 4.91. The van der Waals surface area contributed by atoms with Crippen molar-refractivity contribution in [2.75, 3.05) is 32.7 Å². The Morgan fingerprint density at radius 2 is 1.96 bits per heavy atom. The van der Waals surface area contributed by atoms with Gasteiger partial charge in [0.15, 0.2) is 5.96 Å². The maximum Gasteiger partial charge on any atom is 0.191 e. The summed E-state index contributed by atoms with van der Waals surface area (Å²) in [4.78, 5) is 12.0. The second-order valence-corrected chi connectivity index (χ2v) is 7.99. The summed E-state index contributed by atoms with van der Waals surface area (Å²) in [6, 6.07) is 11.1. The summed E-state index contributed by atoms with van der Waals surface area (Å²) in [6.07, 6.45) is 3.50. The number of thiazole rings is 1. The van der Waals surface area contributed by atoms with Gasteiger partial charge >= 0.3 is 0 Å². The average molecular weight is 513 g/mol. The van der Waals surface area contributed by atoms with Gasteiger partial charge in [-0.05, 0) is 45.3 Å². The number of rotatable bonds is 8. The lowest BCUT2D eigenvalue weighted by atomic mass is 10.1. The predicted molar refractivity (Wildman–Crippen MR) is 130 cm³/mol. The van der Waals surface area contributed by atoms with Crippen molar-refractivity contribution in [3.05, 3.63) is 52.0 Å². The number of nitrogens with one attached hydrogen (secondary N) is 2. The topological polar surface area (TPSA) is 52.6 Å². The fraction of sp³-hybridized carbons (Fsp3) is 0.524. The first-order chi connectivity index (χ1) is 13.3. The van der Waals surface area contributed by atoms with Crippen LogP contribution in [-0.4, -0.2) is 48.6 Å². The molecule has 2 aromatic rings. The Morgan fingerprint density at radius 3 is 2.61 bits per heavy atom. The van der Waals surface area contributed by atoms with Gasteiger partial charge in [0.2, 0.25) is 0 Å². The highest BCUT2D eigenvalue weighted by atomic mass is 127. The van der Waals surface area contributed by atoms with E-state index in [4.69, 9.17) is 4.99 Å². The Labute approximate surface area is 190 Å². The maximum atomic E-state index is 4.91. The first kappa shape index (κ1) is 23.1. The number of halogens is 1. The standard InChI is InChI=1S/C21H31N5S.HI/c1-3-22-21(23-12-11-19-16-27-17(2)25-19)24-15-20(26-13-7-8-14-26)18-9-5-4-6-10-18;/h4-6,9-10,16,20H,3,7-8,11-15H2,1-2H3,(H2,22,23,24);1H. The zero-order chi connectivity index (χ0) is 18.9. The van der Waals surface area contributed by atoms with E-state index < -0.39 is 0 Å². The average Bonchev–Trinajstić information content (AvgIpc) is 3.35. The minimum Gasteiger partial charge on any atom is -0.357 e. The minimum absolute atomic E-state index is 0. The molecular formula is C21H32IN5S. The van der Waals surface area contributed by atoms with E-state index >= 15 is 0 Å². The van der Waals surface area contributed by atoms with Gasteiger partial charge in [0.1, 0.15) is 0 Å². The molecule has 1 fully saturated rings. The van der Waals surface area contributed by atoms with Crippen LogP contribution in [0.25, 0.3) is 0 Å². The van der Waals surface area contributed by atoms with E-state index in [0.29, 0.717) is 6.04 Å². The van der Waals surface area contributed by atoms with Crippen LogP contribution in [0, 0.1) is 6.92 Å². The fourth-order valence-electron chi connectivity index (χ4n) is 3.51. The molecule has 0 bridgehead atoms. The SMILES string of the molecule is CCNC(=NCC(c1ccccc1)N1CCCC1)NCCc1csc(C)n1.I. The Hall–Kier alpha value is -1.19. The molecule has 2 heterocycles.